The summed E-state index contributed by atoms with van der Waals surface area (Å²) in [6.07, 6.45) is 1.24. The first-order chi connectivity index (χ1) is 14.3. The van der Waals surface area contributed by atoms with E-state index in [1.165, 1.54) is 48.7 Å². The van der Waals surface area contributed by atoms with Crippen LogP contribution < -0.4 is 9.46 Å². The van der Waals surface area contributed by atoms with Crippen LogP contribution in [0.4, 0.5) is 10.1 Å². The Morgan fingerprint density at radius 1 is 1.13 bits per heavy atom. The van der Waals surface area contributed by atoms with Crippen molar-refractivity contribution in [1.82, 2.24) is 4.98 Å². The summed E-state index contributed by atoms with van der Waals surface area (Å²) >= 11 is 0.953. The maximum absolute atomic E-state index is 13.1. The largest absolute Gasteiger partial charge is 0.492 e. The SMILES string of the molecule is CCOC(=O)c1ccc(NS(=O)(=O)c2cnc(-c3ccc(F)cc3)s2)c(OCC)c1. The monoisotopic (exact) mass is 450 g/mol. The van der Waals surface area contributed by atoms with Crippen LogP contribution in [0, 0.1) is 5.82 Å². The first-order valence-electron chi connectivity index (χ1n) is 9.02. The van der Waals surface area contributed by atoms with Crippen LogP contribution in [0.1, 0.15) is 24.2 Å². The van der Waals surface area contributed by atoms with E-state index in [-0.39, 0.29) is 40.2 Å². The summed E-state index contributed by atoms with van der Waals surface area (Å²) in [7, 11) is -3.96. The predicted octanol–water partition coefficient (Wildman–Crippen LogP) is 4.33. The summed E-state index contributed by atoms with van der Waals surface area (Å²) in [6, 6.07) is 9.94. The third-order valence-electron chi connectivity index (χ3n) is 3.88. The first-order valence-corrected chi connectivity index (χ1v) is 11.3. The normalized spacial score (nSPS) is 11.2. The van der Waals surface area contributed by atoms with Crippen LogP contribution in [0.15, 0.2) is 52.9 Å². The second-order valence-corrected chi connectivity index (χ2v) is 8.90. The molecule has 0 fully saturated rings. The summed E-state index contributed by atoms with van der Waals surface area (Å²) in [5.74, 6) is -0.714. The van der Waals surface area contributed by atoms with E-state index in [9.17, 15) is 17.6 Å². The van der Waals surface area contributed by atoms with Gasteiger partial charge >= 0.3 is 5.97 Å². The molecule has 0 saturated heterocycles. The number of ether oxygens (including phenoxy) is 2. The number of benzene rings is 2. The Morgan fingerprint density at radius 2 is 1.87 bits per heavy atom. The Morgan fingerprint density at radius 3 is 2.53 bits per heavy atom. The summed E-state index contributed by atoms with van der Waals surface area (Å²) in [5.41, 5.74) is 1.04. The Balaban J connectivity index is 1.87. The van der Waals surface area contributed by atoms with Crippen molar-refractivity contribution in [3.63, 3.8) is 0 Å². The molecule has 0 amide bonds. The lowest BCUT2D eigenvalue weighted by molar-refractivity contribution is 0.0526. The number of carbonyl (C=O) groups is 1. The number of esters is 1. The number of thiazole rings is 1. The highest BCUT2D eigenvalue weighted by atomic mass is 32.2. The van der Waals surface area contributed by atoms with E-state index >= 15 is 0 Å². The lowest BCUT2D eigenvalue weighted by atomic mass is 10.2. The Labute approximate surface area is 177 Å². The molecule has 1 aromatic heterocycles. The molecule has 0 radical (unpaired) electrons. The quantitative estimate of drug-likeness (QED) is 0.514. The average Bonchev–Trinajstić information content (AvgIpc) is 3.21. The van der Waals surface area contributed by atoms with Gasteiger partial charge in [-0.05, 0) is 56.3 Å². The number of nitrogens with zero attached hydrogens (tertiary/aromatic N) is 1. The van der Waals surface area contributed by atoms with Gasteiger partial charge in [-0.1, -0.05) is 0 Å². The minimum Gasteiger partial charge on any atom is -0.492 e. The molecule has 0 bridgehead atoms. The third-order valence-corrected chi connectivity index (χ3v) is 6.75. The van der Waals surface area contributed by atoms with Crippen LogP contribution in [0.3, 0.4) is 0 Å². The molecule has 0 spiro atoms. The van der Waals surface area contributed by atoms with Crippen molar-refractivity contribution in [1.29, 1.82) is 0 Å². The second-order valence-electron chi connectivity index (χ2n) is 5.96. The number of anilines is 1. The minimum atomic E-state index is -3.96. The van der Waals surface area contributed by atoms with E-state index in [4.69, 9.17) is 9.47 Å². The molecule has 0 aliphatic carbocycles. The molecule has 0 atom stereocenters. The fraction of sp³-hybridized carbons (Fsp3) is 0.200. The zero-order valence-electron chi connectivity index (χ0n) is 16.2. The standard InChI is InChI=1S/C20H19FN2O5S2/c1-3-27-17-11-14(20(24)28-4-2)7-10-16(17)23-30(25,26)18-12-22-19(29-18)13-5-8-15(21)9-6-13/h5-12,23H,3-4H2,1-2H3. The zero-order chi connectivity index (χ0) is 21.7. The average molecular weight is 451 g/mol. The molecule has 1 heterocycles. The molecular weight excluding hydrogens is 431 g/mol. The van der Waals surface area contributed by atoms with Gasteiger partial charge in [0.25, 0.3) is 10.0 Å². The lowest BCUT2D eigenvalue weighted by Gasteiger charge is -2.13. The van der Waals surface area contributed by atoms with Crippen molar-refractivity contribution in [3.05, 3.63) is 60.0 Å². The van der Waals surface area contributed by atoms with Crippen molar-refractivity contribution < 1.29 is 27.1 Å². The van der Waals surface area contributed by atoms with Crippen molar-refractivity contribution in [3.8, 4) is 16.3 Å². The molecule has 10 heteroatoms. The van der Waals surface area contributed by atoms with Gasteiger partial charge in [0.1, 0.15) is 16.6 Å². The van der Waals surface area contributed by atoms with Crippen LogP contribution in [-0.4, -0.2) is 32.6 Å². The van der Waals surface area contributed by atoms with E-state index < -0.39 is 16.0 Å². The van der Waals surface area contributed by atoms with Crippen molar-refractivity contribution in [2.75, 3.05) is 17.9 Å². The number of rotatable bonds is 8. The smallest absolute Gasteiger partial charge is 0.338 e. The first kappa shape index (κ1) is 21.7. The highest BCUT2D eigenvalue weighted by Crippen LogP contribution is 2.32. The topological polar surface area (TPSA) is 94.6 Å². The van der Waals surface area contributed by atoms with Gasteiger partial charge in [-0.3, -0.25) is 4.72 Å². The van der Waals surface area contributed by atoms with Gasteiger partial charge in [0.2, 0.25) is 0 Å². The number of sulfonamides is 1. The van der Waals surface area contributed by atoms with Crippen LogP contribution in [0.2, 0.25) is 0 Å². The van der Waals surface area contributed by atoms with Crippen LogP contribution in [0.5, 0.6) is 5.75 Å². The lowest BCUT2D eigenvalue weighted by Crippen LogP contribution is -2.13. The van der Waals surface area contributed by atoms with Crippen LogP contribution >= 0.6 is 11.3 Å². The number of aromatic nitrogens is 1. The fourth-order valence-electron chi connectivity index (χ4n) is 2.53. The van der Waals surface area contributed by atoms with Gasteiger partial charge in [0, 0.05) is 5.56 Å². The second kappa shape index (κ2) is 9.23. The maximum atomic E-state index is 13.1. The van der Waals surface area contributed by atoms with Gasteiger partial charge in [-0.2, -0.15) is 0 Å². The van der Waals surface area contributed by atoms with Gasteiger partial charge < -0.3 is 9.47 Å². The maximum Gasteiger partial charge on any atom is 0.338 e. The number of hydrogen-bond acceptors (Lipinski definition) is 7. The highest BCUT2D eigenvalue weighted by Gasteiger charge is 2.21. The van der Waals surface area contributed by atoms with Gasteiger partial charge in [0.15, 0.2) is 4.21 Å². The van der Waals surface area contributed by atoms with E-state index in [1.807, 2.05) is 0 Å². The van der Waals surface area contributed by atoms with E-state index in [2.05, 4.69) is 9.71 Å². The van der Waals surface area contributed by atoms with Crippen LogP contribution in [-0.2, 0) is 14.8 Å². The van der Waals surface area contributed by atoms with Crippen LogP contribution in [0.25, 0.3) is 10.6 Å². The summed E-state index contributed by atoms with van der Waals surface area (Å²) in [5, 5.41) is 0.443. The number of hydrogen-bond donors (Lipinski definition) is 1. The zero-order valence-corrected chi connectivity index (χ0v) is 17.8. The minimum absolute atomic E-state index is 0.0151. The van der Waals surface area contributed by atoms with Crippen molar-refractivity contribution in [2.24, 2.45) is 0 Å². The predicted molar refractivity (Wildman–Crippen MR) is 112 cm³/mol. The molecule has 3 rings (SSSR count). The highest BCUT2D eigenvalue weighted by molar-refractivity contribution is 7.94. The summed E-state index contributed by atoms with van der Waals surface area (Å²) < 4.78 is 51.7. The summed E-state index contributed by atoms with van der Waals surface area (Å²) in [6.45, 7) is 3.93. The summed E-state index contributed by atoms with van der Waals surface area (Å²) in [4.78, 5) is 16.1. The number of nitrogens with one attached hydrogen (secondary N) is 1. The Kier molecular flexibility index (Phi) is 6.68. The molecule has 0 saturated carbocycles. The van der Waals surface area contributed by atoms with Gasteiger partial charge in [-0.15, -0.1) is 11.3 Å². The molecule has 1 N–H and O–H groups in total. The molecule has 7 nitrogen and oxygen atoms in total. The van der Waals surface area contributed by atoms with Gasteiger partial charge in [0.05, 0.1) is 30.7 Å². The van der Waals surface area contributed by atoms with E-state index in [0.717, 1.165) is 11.3 Å². The number of carbonyl (C=O) groups excluding carboxylic acids is 1. The molecule has 3 aromatic rings. The van der Waals surface area contributed by atoms with E-state index in [0.29, 0.717) is 10.6 Å². The van der Waals surface area contributed by atoms with Crippen molar-refractivity contribution >= 4 is 33.0 Å². The molecule has 30 heavy (non-hydrogen) atoms. The molecule has 2 aromatic carbocycles. The fourth-order valence-corrected chi connectivity index (χ4v) is 4.73. The Bertz CT molecular complexity index is 1140. The third kappa shape index (κ3) is 4.95. The van der Waals surface area contributed by atoms with E-state index in [1.54, 1.807) is 13.8 Å². The van der Waals surface area contributed by atoms with Gasteiger partial charge in [-0.25, -0.2) is 22.6 Å². The molecule has 158 valence electrons. The molecule has 0 aliphatic rings. The molecule has 0 unspecified atom stereocenters. The molecular formula is C20H19FN2O5S2. The molecule has 0 aliphatic heterocycles. The van der Waals surface area contributed by atoms with Crippen molar-refractivity contribution in [2.45, 2.75) is 18.1 Å². The number of halogens is 1. The Hall–Kier alpha value is -2.98.